The van der Waals surface area contributed by atoms with Crippen LogP contribution in [0.5, 0.6) is 0 Å². The van der Waals surface area contributed by atoms with Crippen LogP contribution >= 0.6 is 23.2 Å². The molecule has 0 saturated heterocycles. The Morgan fingerprint density at radius 3 is 1.92 bits per heavy atom. The Morgan fingerprint density at radius 1 is 1.17 bits per heavy atom. The van der Waals surface area contributed by atoms with Gasteiger partial charge in [-0.15, -0.1) is 0 Å². The second kappa shape index (κ2) is 3.37. The third-order valence-corrected chi connectivity index (χ3v) is 1.76. The minimum atomic E-state index is -1.14. The van der Waals surface area contributed by atoms with Crippen LogP contribution < -0.4 is 0 Å². The molecule has 0 aliphatic carbocycles. The van der Waals surface area contributed by atoms with Gasteiger partial charge in [-0.3, -0.25) is 4.79 Å². The quantitative estimate of drug-likeness (QED) is 0.651. The van der Waals surface area contributed by atoms with Gasteiger partial charge in [0.25, 0.3) is 0 Å². The summed E-state index contributed by atoms with van der Waals surface area (Å²) in [5.74, 6) is -2.29. The third kappa shape index (κ3) is 1.42. The normalized spacial score (nSPS) is 10.0. The molecule has 1 aromatic rings. The van der Waals surface area contributed by atoms with Gasteiger partial charge in [0, 0.05) is 0 Å². The number of carbonyl (C=O) groups excluding carboxylic acids is 1. The van der Waals surface area contributed by atoms with E-state index in [1.807, 2.05) is 0 Å². The Balaban J connectivity index is 3.52. The summed E-state index contributed by atoms with van der Waals surface area (Å²) in [6.45, 7) is 0. The van der Waals surface area contributed by atoms with Crippen LogP contribution in [0.4, 0.5) is 8.78 Å². The van der Waals surface area contributed by atoms with Gasteiger partial charge in [0.05, 0.1) is 10.0 Å². The Kier molecular flexibility index (Phi) is 2.65. The summed E-state index contributed by atoms with van der Waals surface area (Å²) >= 11 is 10.5. The van der Waals surface area contributed by atoms with E-state index in [1.54, 1.807) is 0 Å². The first-order chi connectivity index (χ1) is 5.57. The average Bonchev–Trinajstić information content (AvgIpc) is 2.02. The zero-order chi connectivity index (χ0) is 9.30. The van der Waals surface area contributed by atoms with E-state index >= 15 is 0 Å². The van der Waals surface area contributed by atoms with Crippen molar-refractivity contribution in [3.05, 3.63) is 33.3 Å². The molecule has 12 heavy (non-hydrogen) atoms. The Hall–Kier alpha value is -0.670. The zero-order valence-corrected chi connectivity index (χ0v) is 7.01. The Labute approximate surface area is 76.9 Å². The zero-order valence-electron chi connectivity index (χ0n) is 5.50. The molecule has 0 amide bonds. The molecule has 1 radical (unpaired) electrons. The van der Waals surface area contributed by atoms with E-state index in [2.05, 4.69) is 0 Å². The van der Waals surface area contributed by atoms with Crippen molar-refractivity contribution in [2.24, 2.45) is 0 Å². The molecule has 0 aliphatic rings. The maximum Gasteiger partial charge on any atom is 0.239 e. The lowest BCUT2D eigenvalue weighted by Gasteiger charge is -2.00. The molecule has 1 aromatic carbocycles. The first-order valence-electron chi connectivity index (χ1n) is 2.79. The van der Waals surface area contributed by atoms with Gasteiger partial charge in [-0.2, -0.15) is 0 Å². The van der Waals surface area contributed by atoms with Gasteiger partial charge >= 0.3 is 0 Å². The first kappa shape index (κ1) is 9.42. The van der Waals surface area contributed by atoms with Crippen molar-refractivity contribution >= 4 is 29.5 Å². The van der Waals surface area contributed by atoms with Gasteiger partial charge in [0.1, 0.15) is 5.56 Å². The van der Waals surface area contributed by atoms with Gasteiger partial charge in [0.15, 0.2) is 11.6 Å². The van der Waals surface area contributed by atoms with Crippen LogP contribution in [-0.4, -0.2) is 6.29 Å². The lowest BCUT2D eigenvalue weighted by Crippen LogP contribution is -1.95. The van der Waals surface area contributed by atoms with E-state index in [4.69, 9.17) is 23.2 Å². The van der Waals surface area contributed by atoms with E-state index in [0.717, 1.165) is 12.4 Å². The maximum atomic E-state index is 12.7. The van der Waals surface area contributed by atoms with Crippen molar-refractivity contribution in [1.82, 2.24) is 0 Å². The highest BCUT2D eigenvalue weighted by atomic mass is 35.5. The van der Waals surface area contributed by atoms with Crippen molar-refractivity contribution in [3.63, 3.8) is 0 Å². The lowest BCUT2D eigenvalue weighted by atomic mass is 10.2. The summed E-state index contributed by atoms with van der Waals surface area (Å²) in [7, 11) is 0. The molecule has 1 nitrogen and oxygen atoms in total. The van der Waals surface area contributed by atoms with Crippen LogP contribution in [0.25, 0.3) is 0 Å². The fraction of sp³-hybridized carbons (Fsp3) is 0. The molecule has 0 N–H and O–H groups in total. The molecule has 0 atom stereocenters. The fourth-order valence-electron chi connectivity index (χ4n) is 0.663. The molecule has 63 valence electrons. The Morgan fingerprint density at radius 2 is 1.58 bits per heavy atom. The molecular weight excluding hydrogens is 209 g/mol. The minimum absolute atomic E-state index is 0.403. The maximum absolute atomic E-state index is 12.7. The van der Waals surface area contributed by atoms with Gasteiger partial charge in [-0.1, -0.05) is 23.2 Å². The molecule has 0 fully saturated rings. The predicted octanol–water partition coefficient (Wildman–Crippen LogP) is 2.73. The van der Waals surface area contributed by atoms with E-state index in [-0.39, 0.29) is 0 Å². The molecule has 0 saturated carbocycles. The monoisotopic (exact) mass is 209 g/mol. The number of hydrogen-bond donors (Lipinski definition) is 0. The third-order valence-electron chi connectivity index (χ3n) is 1.21. The largest absolute Gasteiger partial charge is 0.285 e. The standard InChI is InChI=1S/C7HCl2F2O/c8-4-1-5(9)7(11)3(2-12)6(4)10/h1H. The van der Waals surface area contributed by atoms with Crippen LogP contribution in [0.2, 0.25) is 10.0 Å². The van der Waals surface area contributed by atoms with Crippen LogP contribution in [0.3, 0.4) is 0 Å². The highest BCUT2D eigenvalue weighted by Crippen LogP contribution is 2.26. The summed E-state index contributed by atoms with van der Waals surface area (Å²) in [6, 6.07) is 0.884. The predicted molar refractivity (Wildman–Crippen MR) is 41.2 cm³/mol. The van der Waals surface area contributed by atoms with Crippen LogP contribution in [0, 0.1) is 11.6 Å². The molecule has 1 rings (SSSR count). The number of halogens is 4. The number of hydrogen-bond acceptors (Lipinski definition) is 1. The molecule has 0 bridgehead atoms. The lowest BCUT2D eigenvalue weighted by molar-refractivity contribution is 0.542. The fourth-order valence-corrected chi connectivity index (χ4v) is 1.13. The van der Waals surface area contributed by atoms with Crippen molar-refractivity contribution in [2.45, 2.75) is 0 Å². The van der Waals surface area contributed by atoms with Gasteiger partial charge in [-0.05, 0) is 6.07 Å². The van der Waals surface area contributed by atoms with E-state index in [0.29, 0.717) is 0 Å². The molecule has 0 unspecified atom stereocenters. The summed E-state index contributed by atoms with van der Waals surface area (Å²) in [6.07, 6.45) is 1.08. The first-order valence-corrected chi connectivity index (χ1v) is 3.54. The second-order valence-electron chi connectivity index (χ2n) is 1.95. The molecule has 0 aromatic heterocycles. The number of rotatable bonds is 1. The molecule has 0 spiro atoms. The van der Waals surface area contributed by atoms with Crippen molar-refractivity contribution in [1.29, 1.82) is 0 Å². The van der Waals surface area contributed by atoms with E-state index in [9.17, 15) is 13.6 Å². The summed E-state index contributed by atoms with van der Waals surface area (Å²) in [5.41, 5.74) is -0.868. The van der Waals surface area contributed by atoms with E-state index < -0.39 is 27.2 Å². The topological polar surface area (TPSA) is 17.1 Å². The van der Waals surface area contributed by atoms with Gasteiger partial charge in [-0.25, -0.2) is 8.78 Å². The van der Waals surface area contributed by atoms with Crippen molar-refractivity contribution in [2.75, 3.05) is 0 Å². The van der Waals surface area contributed by atoms with Gasteiger partial charge < -0.3 is 0 Å². The summed E-state index contributed by atoms with van der Waals surface area (Å²) in [4.78, 5) is 10.0. The SMILES string of the molecule is O=[C]c1c(F)c(Cl)cc(Cl)c1F. The van der Waals surface area contributed by atoms with Crippen molar-refractivity contribution in [3.8, 4) is 0 Å². The van der Waals surface area contributed by atoms with Gasteiger partial charge in [0.2, 0.25) is 6.29 Å². The highest BCUT2D eigenvalue weighted by molar-refractivity contribution is 6.35. The summed E-state index contributed by atoms with van der Waals surface area (Å²) < 4.78 is 25.5. The summed E-state index contributed by atoms with van der Waals surface area (Å²) in [5, 5.41) is -0.806. The van der Waals surface area contributed by atoms with Crippen LogP contribution in [0.1, 0.15) is 5.56 Å². The average molecular weight is 210 g/mol. The van der Waals surface area contributed by atoms with E-state index in [1.165, 1.54) is 0 Å². The van der Waals surface area contributed by atoms with Crippen LogP contribution in [0.15, 0.2) is 6.07 Å². The second-order valence-corrected chi connectivity index (χ2v) is 2.76. The molecular formula is C7HCl2F2O. The smallest absolute Gasteiger partial charge is 0.239 e. The Bertz CT molecular complexity index is 312. The molecule has 0 aliphatic heterocycles. The highest BCUT2D eigenvalue weighted by Gasteiger charge is 2.16. The number of benzene rings is 1. The van der Waals surface area contributed by atoms with Crippen LogP contribution in [-0.2, 0) is 4.79 Å². The molecule has 5 heteroatoms. The molecule has 0 heterocycles. The van der Waals surface area contributed by atoms with Crippen molar-refractivity contribution < 1.29 is 13.6 Å². The minimum Gasteiger partial charge on any atom is -0.285 e.